The van der Waals surface area contributed by atoms with Crippen molar-refractivity contribution in [3.63, 3.8) is 0 Å². The Kier molecular flexibility index (Phi) is 2.51. The number of nitrogens with one attached hydrogen (secondary N) is 1. The predicted octanol–water partition coefficient (Wildman–Crippen LogP) is 2.94. The lowest BCUT2D eigenvalue weighted by molar-refractivity contribution is -0.0287. The van der Waals surface area contributed by atoms with Crippen LogP contribution in [0.25, 0.3) is 0 Å². The van der Waals surface area contributed by atoms with Gasteiger partial charge in [0.25, 0.3) is 0 Å². The third kappa shape index (κ3) is 1.72. The van der Waals surface area contributed by atoms with Gasteiger partial charge in [0.05, 0.1) is 6.07 Å². The van der Waals surface area contributed by atoms with Crippen LogP contribution in [0.1, 0.15) is 44.9 Å². The van der Waals surface area contributed by atoms with Gasteiger partial charge in [-0.25, -0.2) is 0 Å². The number of rotatable bonds is 2. The van der Waals surface area contributed by atoms with Gasteiger partial charge in [-0.05, 0) is 68.5 Å². The summed E-state index contributed by atoms with van der Waals surface area (Å²) < 4.78 is 0. The highest BCUT2D eigenvalue weighted by atomic mass is 32.2. The smallest absolute Gasteiger partial charge is 0.117 e. The maximum Gasteiger partial charge on any atom is 0.117 e. The van der Waals surface area contributed by atoms with Crippen molar-refractivity contribution in [1.29, 1.82) is 5.26 Å². The summed E-state index contributed by atoms with van der Waals surface area (Å²) in [4.78, 5) is 0. The first-order chi connectivity index (χ1) is 8.71. The van der Waals surface area contributed by atoms with E-state index in [4.69, 9.17) is 0 Å². The standard InChI is InChI=1S/C15H22N2S/c16-9-14(1-2-18-10-14)17-15-6-11-3-12(7-15)5-13(4-11)8-15/h11-13,17H,1-8,10H2. The summed E-state index contributed by atoms with van der Waals surface area (Å²) in [6, 6.07) is 2.62. The normalized spacial score (nSPS) is 53.6. The molecule has 4 saturated carbocycles. The van der Waals surface area contributed by atoms with E-state index in [0.717, 1.165) is 35.7 Å². The quantitative estimate of drug-likeness (QED) is 0.831. The highest BCUT2D eigenvalue weighted by Gasteiger charge is 2.53. The van der Waals surface area contributed by atoms with E-state index in [9.17, 15) is 5.26 Å². The van der Waals surface area contributed by atoms with Gasteiger partial charge in [0, 0.05) is 11.3 Å². The molecule has 4 bridgehead atoms. The van der Waals surface area contributed by atoms with E-state index in [1.807, 2.05) is 11.8 Å². The first-order valence-corrected chi connectivity index (χ1v) is 8.65. The highest BCUT2D eigenvalue weighted by molar-refractivity contribution is 7.99. The highest BCUT2D eigenvalue weighted by Crippen LogP contribution is 2.56. The van der Waals surface area contributed by atoms with E-state index < -0.39 is 0 Å². The van der Waals surface area contributed by atoms with Crippen molar-refractivity contribution in [1.82, 2.24) is 5.32 Å². The Balaban J connectivity index is 1.59. The molecule has 1 N–H and O–H groups in total. The number of hydrogen-bond donors (Lipinski definition) is 1. The van der Waals surface area contributed by atoms with Gasteiger partial charge in [-0.3, -0.25) is 5.32 Å². The molecular formula is C15H22N2S. The lowest BCUT2D eigenvalue weighted by Gasteiger charge is -2.58. The molecule has 1 saturated heterocycles. The van der Waals surface area contributed by atoms with E-state index in [1.165, 1.54) is 38.5 Å². The number of thioether (sulfide) groups is 1. The first kappa shape index (κ1) is 11.6. The van der Waals surface area contributed by atoms with Crippen LogP contribution in [0.2, 0.25) is 0 Å². The average Bonchev–Trinajstić information content (AvgIpc) is 2.75. The molecule has 5 fully saturated rings. The fourth-order valence-corrected chi connectivity index (χ4v) is 6.82. The van der Waals surface area contributed by atoms with Crippen LogP contribution in [0, 0.1) is 29.1 Å². The first-order valence-electron chi connectivity index (χ1n) is 7.49. The van der Waals surface area contributed by atoms with Gasteiger partial charge in [0.2, 0.25) is 0 Å². The van der Waals surface area contributed by atoms with Crippen molar-refractivity contribution < 1.29 is 0 Å². The summed E-state index contributed by atoms with van der Waals surface area (Å²) >= 11 is 1.95. The molecule has 0 amide bonds. The molecule has 5 rings (SSSR count). The molecule has 0 aromatic heterocycles. The molecule has 4 aliphatic carbocycles. The molecule has 1 aliphatic heterocycles. The van der Waals surface area contributed by atoms with Crippen molar-refractivity contribution in [2.45, 2.75) is 56.0 Å². The summed E-state index contributed by atoms with van der Waals surface area (Å²) in [7, 11) is 0. The van der Waals surface area contributed by atoms with Crippen LogP contribution in [0.5, 0.6) is 0 Å². The Labute approximate surface area is 114 Å². The van der Waals surface area contributed by atoms with Crippen molar-refractivity contribution in [3.05, 3.63) is 0 Å². The minimum Gasteiger partial charge on any atom is -0.293 e. The van der Waals surface area contributed by atoms with E-state index >= 15 is 0 Å². The van der Waals surface area contributed by atoms with Gasteiger partial charge in [-0.1, -0.05) is 0 Å². The Morgan fingerprint density at radius 3 is 2.11 bits per heavy atom. The zero-order chi connectivity index (χ0) is 12.2. The van der Waals surface area contributed by atoms with Crippen LogP contribution in [0.3, 0.4) is 0 Å². The molecule has 0 aromatic carbocycles. The lowest BCUT2D eigenvalue weighted by Crippen LogP contribution is -2.64. The summed E-state index contributed by atoms with van der Waals surface area (Å²) in [6.45, 7) is 0. The molecule has 0 radical (unpaired) electrons. The molecule has 3 heteroatoms. The second kappa shape index (κ2) is 3.90. The average molecular weight is 262 g/mol. The van der Waals surface area contributed by atoms with Gasteiger partial charge >= 0.3 is 0 Å². The SMILES string of the molecule is N#CC1(NC23CC4CC(CC(C4)C2)C3)CCSC1. The zero-order valence-corrected chi connectivity index (χ0v) is 11.8. The topological polar surface area (TPSA) is 35.8 Å². The number of nitrogens with zero attached hydrogens (tertiary/aromatic N) is 1. The van der Waals surface area contributed by atoms with Crippen LogP contribution < -0.4 is 5.32 Å². The lowest BCUT2D eigenvalue weighted by atomic mass is 9.52. The second-order valence-corrected chi connectivity index (χ2v) is 8.42. The Bertz CT molecular complexity index is 357. The molecular weight excluding hydrogens is 240 g/mol. The van der Waals surface area contributed by atoms with Crippen molar-refractivity contribution in [2.24, 2.45) is 17.8 Å². The molecule has 1 unspecified atom stereocenters. The summed E-state index contributed by atoms with van der Waals surface area (Å²) in [6.07, 6.45) is 9.56. The molecule has 5 aliphatic rings. The fraction of sp³-hybridized carbons (Fsp3) is 0.933. The van der Waals surface area contributed by atoms with Gasteiger partial charge in [0.15, 0.2) is 0 Å². The Morgan fingerprint density at radius 2 is 1.67 bits per heavy atom. The van der Waals surface area contributed by atoms with E-state index in [2.05, 4.69) is 11.4 Å². The maximum absolute atomic E-state index is 9.59. The second-order valence-electron chi connectivity index (χ2n) is 7.32. The van der Waals surface area contributed by atoms with Gasteiger partial charge < -0.3 is 0 Å². The van der Waals surface area contributed by atoms with Crippen molar-refractivity contribution in [3.8, 4) is 6.07 Å². The van der Waals surface area contributed by atoms with Crippen LogP contribution >= 0.6 is 11.8 Å². The number of nitriles is 1. The van der Waals surface area contributed by atoms with Crippen LogP contribution in [0.15, 0.2) is 0 Å². The van der Waals surface area contributed by atoms with Crippen LogP contribution in [-0.4, -0.2) is 22.6 Å². The van der Waals surface area contributed by atoms with Gasteiger partial charge in [-0.15, -0.1) is 0 Å². The summed E-state index contributed by atoms with van der Waals surface area (Å²) in [5.41, 5.74) is 0.145. The maximum atomic E-state index is 9.59. The van der Waals surface area contributed by atoms with Crippen molar-refractivity contribution >= 4 is 11.8 Å². The molecule has 2 nitrogen and oxygen atoms in total. The molecule has 1 heterocycles. The minimum absolute atomic E-state index is 0.198. The van der Waals surface area contributed by atoms with E-state index in [0.29, 0.717) is 5.54 Å². The Hall–Kier alpha value is -0.200. The molecule has 18 heavy (non-hydrogen) atoms. The molecule has 98 valence electrons. The van der Waals surface area contributed by atoms with Crippen molar-refractivity contribution in [2.75, 3.05) is 11.5 Å². The number of hydrogen-bond acceptors (Lipinski definition) is 3. The molecule has 1 atom stereocenters. The molecule has 0 aromatic rings. The third-order valence-electron chi connectivity index (χ3n) is 5.78. The van der Waals surface area contributed by atoms with Crippen LogP contribution in [-0.2, 0) is 0 Å². The third-order valence-corrected chi connectivity index (χ3v) is 6.97. The summed E-state index contributed by atoms with van der Waals surface area (Å²) in [5.74, 6) is 5.06. The summed E-state index contributed by atoms with van der Waals surface area (Å²) in [5, 5.41) is 13.5. The van der Waals surface area contributed by atoms with Crippen LogP contribution in [0.4, 0.5) is 0 Å². The minimum atomic E-state index is -0.198. The molecule has 0 spiro atoms. The van der Waals surface area contributed by atoms with Gasteiger partial charge in [-0.2, -0.15) is 17.0 Å². The predicted molar refractivity (Wildman–Crippen MR) is 74.3 cm³/mol. The van der Waals surface area contributed by atoms with Gasteiger partial charge in [0.1, 0.15) is 5.54 Å². The van der Waals surface area contributed by atoms with E-state index in [-0.39, 0.29) is 5.54 Å². The van der Waals surface area contributed by atoms with E-state index in [1.54, 1.807) is 0 Å². The monoisotopic (exact) mass is 262 g/mol. The fourth-order valence-electron chi connectivity index (χ4n) is 5.55. The zero-order valence-electron chi connectivity index (χ0n) is 11.0. The Morgan fingerprint density at radius 1 is 1.06 bits per heavy atom. The largest absolute Gasteiger partial charge is 0.293 e.